The summed E-state index contributed by atoms with van der Waals surface area (Å²) in [5, 5.41) is 12.5. The van der Waals surface area contributed by atoms with Crippen molar-refractivity contribution in [3.05, 3.63) is 23.8 Å². The van der Waals surface area contributed by atoms with E-state index < -0.39 is 23.1 Å². The fourth-order valence-electron chi connectivity index (χ4n) is 3.16. The summed E-state index contributed by atoms with van der Waals surface area (Å²) in [5.41, 5.74) is -0.472. The molecule has 6 heteroatoms. The lowest BCUT2D eigenvalue weighted by Crippen LogP contribution is -2.33. The SMILES string of the molecule is COc1ccc(NC(=O)OC(C)(C)C)cc1C1(C(=O)O)CCCC1. The summed E-state index contributed by atoms with van der Waals surface area (Å²) >= 11 is 0. The van der Waals surface area contributed by atoms with Crippen molar-refractivity contribution < 1.29 is 24.2 Å². The number of carbonyl (C=O) groups excluding carboxylic acids is 1. The molecule has 2 rings (SSSR count). The number of aliphatic carboxylic acids is 1. The molecule has 132 valence electrons. The molecule has 0 unspecified atom stereocenters. The van der Waals surface area contributed by atoms with E-state index in [1.807, 2.05) is 0 Å². The van der Waals surface area contributed by atoms with Crippen molar-refractivity contribution in [1.82, 2.24) is 0 Å². The van der Waals surface area contributed by atoms with Gasteiger partial charge in [-0.1, -0.05) is 12.8 Å². The van der Waals surface area contributed by atoms with Crippen molar-refractivity contribution in [3.63, 3.8) is 0 Å². The minimum Gasteiger partial charge on any atom is -0.496 e. The van der Waals surface area contributed by atoms with Gasteiger partial charge in [-0.3, -0.25) is 10.1 Å². The molecule has 0 bridgehead atoms. The molecule has 0 aliphatic heterocycles. The van der Waals surface area contributed by atoms with Crippen LogP contribution < -0.4 is 10.1 Å². The normalized spacial score (nSPS) is 16.5. The van der Waals surface area contributed by atoms with Crippen molar-refractivity contribution >= 4 is 17.7 Å². The van der Waals surface area contributed by atoms with Gasteiger partial charge in [-0.05, 0) is 51.8 Å². The molecule has 0 spiro atoms. The maximum absolute atomic E-state index is 11.9. The molecule has 1 amide bonds. The van der Waals surface area contributed by atoms with Crippen molar-refractivity contribution in [2.45, 2.75) is 57.5 Å². The number of anilines is 1. The summed E-state index contributed by atoms with van der Waals surface area (Å²) < 4.78 is 10.6. The van der Waals surface area contributed by atoms with E-state index in [1.54, 1.807) is 39.0 Å². The van der Waals surface area contributed by atoms with Gasteiger partial charge in [0.15, 0.2) is 0 Å². The van der Waals surface area contributed by atoms with Gasteiger partial charge < -0.3 is 14.6 Å². The van der Waals surface area contributed by atoms with Gasteiger partial charge >= 0.3 is 12.1 Å². The Morgan fingerprint density at radius 3 is 2.33 bits per heavy atom. The van der Waals surface area contributed by atoms with Crippen LogP contribution >= 0.6 is 0 Å². The first-order chi connectivity index (χ1) is 11.2. The number of carbonyl (C=O) groups is 2. The van der Waals surface area contributed by atoms with E-state index >= 15 is 0 Å². The zero-order chi connectivity index (χ0) is 18.0. The standard InChI is InChI=1S/C18H25NO5/c1-17(2,3)24-16(22)19-12-7-8-14(23-4)13(11-12)18(15(20)21)9-5-6-10-18/h7-8,11H,5-6,9-10H2,1-4H3,(H,19,22)(H,20,21). The second-order valence-electron chi connectivity index (χ2n) is 7.14. The summed E-state index contributed by atoms with van der Waals surface area (Å²) in [6.07, 6.45) is 2.27. The van der Waals surface area contributed by atoms with E-state index in [4.69, 9.17) is 9.47 Å². The molecule has 2 N–H and O–H groups in total. The van der Waals surface area contributed by atoms with Crippen LogP contribution in [-0.2, 0) is 14.9 Å². The van der Waals surface area contributed by atoms with Crippen LogP contribution in [-0.4, -0.2) is 29.9 Å². The Labute approximate surface area is 142 Å². The average Bonchev–Trinajstić information content (AvgIpc) is 2.95. The number of rotatable bonds is 4. The first-order valence-electron chi connectivity index (χ1n) is 8.10. The molecule has 0 heterocycles. The van der Waals surface area contributed by atoms with Crippen LogP contribution in [0, 0.1) is 0 Å². The van der Waals surface area contributed by atoms with Gasteiger partial charge in [0.05, 0.1) is 12.5 Å². The number of nitrogens with one attached hydrogen (secondary N) is 1. The molecule has 0 saturated heterocycles. The maximum atomic E-state index is 11.9. The second-order valence-corrected chi connectivity index (χ2v) is 7.14. The topological polar surface area (TPSA) is 84.9 Å². The number of ether oxygens (including phenoxy) is 2. The summed E-state index contributed by atoms with van der Waals surface area (Å²) in [5.74, 6) is -0.332. The van der Waals surface area contributed by atoms with E-state index in [2.05, 4.69) is 5.32 Å². The molecular formula is C18H25NO5. The Morgan fingerprint density at radius 1 is 1.21 bits per heavy atom. The number of benzene rings is 1. The fraction of sp³-hybridized carbons (Fsp3) is 0.556. The minimum absolute atomic E-state index is 0.493. The van der Waals surface area contributed by atoms with Crippen molar-refractivity contribution in [2.24, 2.45) is 0 Å². The molecule has 0 atom stereocenters. The molecule has 24 heavy (non-hydrogen) atoms. The number of carboxylic acids is 1. The van der Waals surface area contributed by atoms with Crippen LogP contribution in [0.15, 0.2) is 18.2 Å². The van der Waals surface area contributed by atoms with Crippen molar-refractivity contribution in [1.29, 1.82) is 0 Å². The number of hydrogen-bond acceptors (Lipinski definition) is 4. The molecule has 1 aliphatic rings. The highest BCUT2D eigenvalue weighted by atomic mass is 16.6. The van der Waals surface area contributed by atoms with E-state index in [0.29, 0.717) is 29.8 Å². The zero-order valence-electron chi connectivity index (χ0n) is 14.6. The Hall–Kier alpha value is -2.24. The van der Waals surface area contributed by atoms with Gasteiger partial charge in [0.2, 0.25) is 0 Å². The first kappa shape index (κ1) is 18.1. The van der Waals surface area contributed by atoms with Gasteiger partial charge in [0, 0.05) is 11.3 Å². The highest BCUT2D eigenvalue weighted by Crippen LogP contribution is 2.45. The van der Waals surface area contributed by atoms with Gasteiger partial charge in [-0.25, -0.2) is 4.79 Å². The van der Waals surface area contributed by atoms with Crippen LogP contribution in [0.3, 0.4) is 0 Å². The van der Waals surface area contributed by atoms with Crippen LogP contribution in [0.1, 0.15) is 52.0 Å². The summed E-state index contributed by atoms with van der Waals surface area (Å²) in [7, 11) is 1.52. The number of amides is 1. The van der Waals surface area contributed by atoms with E-state index in [-0.39, 0.29) is 0 Å². The third-order valence-electron chi connectivity index (χ3n) is 4.23. The average molecular weight is 335 g/mol. The summed E-state index contributed by atoms with van der Waals surface area (Å²) in [6.45, 7) is 5.35. The maximum Gasteiger partial charge on any atom is 0.412 e. The predicted octanol–water partition coefficient (Wildman–Crippen LogP) is 3.94. The molecule has 1 aliphatic carbocycles. The molecule has 1 aromatic rings. The predicted molar refractivity (Wildman–Crippen MR) is 90.6 cm³/mol. The largest absolute Gasteiger partial charge is 0.496 e. The zero-order valence-corrected chi connectivity index (χ0v) is 14.6. The van der Waals surface area contributed by atoms with Crippen LogP contribution in [0.25, 0.3) is 0 Å². The van der Waals surface area contributed by atoms with Gasteiger partial charge in [-0.15, -0.1) is 0 Å². The summed E-state index contributed by atoms with van der Waals surface area (Å²) in [6, 6.07) is 5.05. The van der Waals surface area contributed by atoms with Crippen LogP contribution in [0.5, 0.6) is 5.75 Å². The lowest BCUT2D eigenvalue weighted by molar-refractivity contribution is -0.143. The molecule has 0 radical (unpaired) electrons. The molecule has 1 fully saturated rings. The van der Waals surface area contributed by atoms with Crippen LogP contribution in [0.2, 0.25) is 0 Å². The number of methoxy groups -OCH3 is 1. The highest BCUT2D eigenvalue weighted by Gasteiger charge is 2.45. The quantitative estimate of drug-likeness (QED) is 0.870. The third kappa shape index (κ3) is 3.80. The van der Waals surface area contributed by atoms with Gasteiger partial charge in [0.25, 0.3) is 0 Å². The Kier molecular flexibility index (Phi) is 5.06. The number of carboxylic acid groups (broad SMARTS) is 1. The van der Waals surface area contributed by atoms with Crippen molar-refractivity contribution in [2.75, 3.05) is 12.4 Å². The second kappa shape index (κ2) is 6.71. The fourth-order valence-corrected chi connectivity index (χ4v) is 3.16. The van der Waals surface area contributed by atoms with E-state index in [1.165, 1.54) is 7.11 Å². The molecule has 0 aromatic heterocycles. The van der Waals surface area contributed by atoms with Crippen LogP contribution in [0.4, 0.5) is 10.5 Å². The first-order valence-corrected chi connectivity index (χ1v) is 8.10. The monoisotopic (exact) mass is 335 g/mol. The van der Waals surface area contributed by atoms with Gasteiger partial charge in [0.1, 0.15) is 11.4 Å². The molecular weight excluding hydrogens is 310 g/mol. The minimum atomic E-state index is -0.961. The Morgan fingerprint density at radius 2 is 1.83 bits per heavy atom. The third-order valence-corrected chi connectivity index (χ3v) is 4.23. The van der Waals surface area contributed by atoms with Crippen molar-refractivity contribution in [3.8, 4) is 5.75 Å². The number of hydrogen-bond donors (Lipinski definition) is 2. The van der Waals surface area contributed by atoms with E-state index in [9.17, 15) is 14.7 Å². The van der Waals surface area contributed by atoms with E-state index in [0.717, 1.165) is 12.8 Å². The lowest BCUT2D eigenvalue weighted by Gasteiger charge is -2.27. The van der Waals surface area contributed by atoms with Gasteiger partial charge in [-0.2, -0.15) is 0 Å². The molecule has 6 nitrogen and oxygen atoms in total. The Balaban J connectivity index is 2.34. The smallest absolute Gasteiger partial charge is 0.412 e. The molecule has 1 aromatic carbocycles. The lowest BCUT2D eigenvalue weighted by atomic mass is 9.78. The summed E-state index contributed by atoms with van der Waals surface area (Å²) in [4.78, 5) is 23.9. The highest BCUT2D eigenvalue weighted by molar-refractivity contribution is 5.87. The molecule has 1 saturated carbocycles. The Bertz CT molecular complexity index is 627.